The quantitative estimate of drug-likeness (QED) is 0.0720. The van der Waals surface area contributed by atoms with Gasteiger partial charge in [-0.1, -0.05) is 67.9 Å². The summed E-state index contributed by atoms with van der Waals surface area (Å²) >= 11 is 6.30. The number of aromatic nitrogens is 1. The van der Waals surface area contributed by atoms with Crippen LogP contribution >= 0.6 is 11.6 Å². The van der Waals surface area contributed by atoms with Crippen LogP contribution in [0.4, 0.5) is 5.69 Å². The Morgan fingerprint density at radius 2 is 1.77 bits per heavy atom. The van der Waals surface area contributed by atoms with Crippen molar-refractivity contribution in [3.05, 3.63) is 118 Å². The Bertz CT molecular complexity index is 2140. The van der Waals surface area contributed by atoms with Gasteiger partial charge in [0.2, 0.25) is 5.91 Å². The first-order valence-corrected chi connectivity index (χ1v) is 22.0. The molecule has 3 aromatic carbocycles. The molecule has 4 aromatic rings. The molecule has 318 valence electrons. The molecular weight excluding hydrogens is 778 g/mol. The third kappa shape index (κ3) is 9.92. The van der Waals surface area contributed by atoms with Gasteiger partial charge in [0.15, 0.2) is 0 Å². The van der Waals surface area contributed by atoms with E-state index < -0.39 is 23.5 Å². The van der Waals surface area contributed by atoms with Crippen molar-refractivity contribution in [2.45, 2.75) is 120 Å². The minimum atomic E-state index is -1.13. The maximum Gasteiger partial charge on any atom is 0.329 e. The summed E-state index contributed by atoms with van der Waals surface area (Å²) in [6, 6.07) is 24.2. The third-order valence-corrected chi connectivity index (χ3v) is 13.5. The summed E-state index contributed by atoms with van der Waals surface area (Å²) in [5.41, 5.74) is 5.21. The number of rotatable bonds is 18. The fraction of sp³-hybridized carbons (Fsp3) is 0.469. The van der Waals surface area contributed by atoms with Crippen LogP contribution in [0, 0.1) is 11.8 Å². The van der Waals surface area contributed by atoms with E-state index >= 15 is 0 Å². The average Bonchev–Trinajstić information content (AvgIpc) is 3.52. The van der Waals surface area contributed by atoms with Crippen LogP contribution in [-0.4, -0.2) is 57.8 Å². The molecule has 4 N–H and O–H groups in total. The number of anilines is 1. The van der Waals surface area contributed by atoms with Gasteiger partial charge in [0.25, 0.3) is 0 Å². The molecule has 3 aliphatic rings. The normalized spacial score (nSPS) is 22.9. The molecule has 1 aromatic heterocycles. The van der Waals surface area contributed by atoms with E-state index in [4.69, 9.17) is 21.1 Å². The van der Waals surface area contributed by atoms with E-state index in [1.54, 1.807) is 12.1 Å². The molecule has 1 heterocycles. The van der Waals surface area contributed by atoms with Crippen LogP contribution in [0.25, 0.3) is 0 Å². The second-order valence-electron chi connectivity index (χ2n) is 17.4. The number of nitrogens with zero attached hydrogens (tertiary/aromatic N) is 1. The summed E-state index contributed by atoms with van der Waals surface area (Å²) < 4.78 is 12.8. The fourth-order valence-electron chi connectivity index (χ4n) is 10.1. The monoisotopic (exact) mass is 835 g/mol. The van der Waals surface area contributed by atoms with E-state index in [0.717, 1.165) is 49.1 Å². The largest absolute Gasteiger partial charge is 0.494 e. The highest BCUT2D eigenvalue weighted by Crippen LogP contribution is 2.57. The number of carboxylic acids is 2. The highest BCUT2D eigenvalue weighted by atomic mass is 35.5. The van der Waals surface area contributed by atoms with E-state index in [2.05, 4.69) is 41.6 Å². The van der Waals surface area contributed by atoms with Gasteiger partial charge in [-0.2, -0.15) is 0 Å². The SMILES string of the molecule is C[C@@H](COc1ccnc2c1[C@H](C)CCC2)CC1Cc2ccc(OCCCC(=O)N[C@@H](CCc3ccccc3)C(=O)O)cc2C12CCC(Nc1cccc(Cl)c1)(C(=O)O)CC2. The van der Waals surface area contributed by atoms with Gasteiger partial charge in [0, 0.05) is 34.6 Å². The van der Waals surface area contributed by atoms with Gasteiger partial charge in [-0.15, -0.1) is 0 Å². The molecule has 1 saturated carbocycles. The molecule has 0 saturated heterocycles. The number of pyridine rings is 1. The molecule has 1 spiro atoms. The predicted octanol–water partition coefficient (Wildman–Crippen LogP) is 9.56. The van der Waals surface area contributed by atoms with Crippen molar-refractivity contribution in [3.8, 4) is 11.5 Å². The second kappa shape index (κ2) is 19.1. The number of fused-ring (bicyclic) bond motifs is 3. The van der Waals surface area contributed by atoms with Crippen LogP contribution in [0.1, 0.15) is 112 Å². The molecule has 4 atom stereocenters. The smallest absolute Gasteiger partial charge is 0.329 e. The lowest BCUT2D eigenvalue weighted by Crippen LogP contribution is -2.53. The van der Waals surface area contributed by atoms with Crippen molar-refractivity contribution in [1.29, 1.82) is 0 Å². The first-order chi connectivity index (χ1) is 28.9. The zero-order chi connectivity index (χ0) is 42.3. The number of hydrogen-bond donors (Lipinski definition) is 4. The maximum absolute atomic E-state index is 13.1. The molecule has 0 aliphatic heterocycles. The standard InChI is InChI=1S/C49H58ClN3O7/c1-32(31-60-43-20-25-51-41-14-6-9-33(2)45(41)43)27-36-28-35-17-18-39(59-26-8-15-44(54)52-42(46(55)56)19-16-34-10-4-3-5-11-34)30-40(35)48(36)21-23-49(24-22-48,47(57)58)53-38-13-7-12-37(50)29-38/h3-5,7,10-13,17-18,20,25,29-30,32-33,36,42,53H,6,8-9,14-16,19,21-24,26-28,31H2,1-2H3,(H,52,54)(H,55,56)(H,57,58)/t32-,33-,36?,42+,48?,49?/m1/s1. The Hall–Kier alpha value is -5.09. The second-order valence-corrected chi connectivity index (χ2v) is 17.9. The lowest BCUT2D eigenvalue weighted by molar-refractivity contribution is -0.144. The van der Waals surface area contributed by atoms with Gasteiger partial charge < -0.3 is 30.3 Å². The van der Waals surface area contributed by atoms with Gasteiger partial charge in [-0.05, 0) is 153 Å². The summed E-state index contributed by atoms with van der Waals surface area (Å²) in [6.07, 6.45) is 10.6. The van der Waals surface area contributed by atoms with Gasteiger partial charge in [0.1, 0.15) is 23.1 Å². The molecule has 0 bridgehead atoms. The number of carbonyl (C=O) groups is 3. The molecular formula is C49H58ClN3O7. The molecule has 11 heteroatoms. The van der Waals surface area contributed by atoms with Crippen LogP contribution in [0.2, 0.25) is 5.02 Å². The number of aryl methyl sites for hydroxylation is 2. The number of amides is 1. The lowest BCUT2D eigenvalue weighted by atomic mass is 9.59. The fourth-order valence-corrected chi connectivity index (χ4v) is 10.3. The predicted molar refractivity (Wildman–Crippen MR) is 233 cm³/mol. The van der Waals surface area contributed by atoms with E-state index in [1.165, 1.54) is 16.7 Å². The maximum atomic E-state index is 13.1. The first kappa shape index (κ1) is 43.0. The number of nitrogens with one attached hydrogen (secondary N) is 2. The van der Waals surface area contributed by atoms with E-state index in [-0.39, 0.29) is 29.6 Å². The molecule has 3 aliphatic carbocycles. The lowest BCUT2D eigenvalue weighted by Gasteiger charge is -2.47. The van der Waals surface area contributed by atoms with Crippen LogP contribution in [0.3, 0.4) is 0 Å². The number of halogens is 1. The van der Waals surface area contributed by atoms with Crippen molar-refractivity contribution >= 4 is 35.1 Å². The zero-order valence-electron chi connectivity index (χ0n) is 34.8. The minimum Gasteiger partial charge on any atom is -0.494 e. The highest BCUT2D eigenvalue weighted by molar-refractivity contribution is 6.30. The van der Waals surface area contributed by atoms with E-state index in [0.29, 0.717) is 80.5 Å². The molecule has 1 fully saturated rings. The van der Waals surface area contributed by atoms with Crippen LogP contribution in [-0.2, 0) is 39.1 Å². The highest BCUT2D eigenvalue weighted by Gasteiger charge is 2.54. The van der Waals surface area contributed by atoms with E-state index in [1.807, 2.05) is 60.8 Å². The first-order valence-electron chi connectivity index (χ1n) is 21.6. The number of ether oxygens (including phenoxy) is 2. The van der Waals surface area contributed by atoms with Crippen molar-refractivity contribution in [3.63, 3.8) is 0 Å². The van der Waals surface area contributed by atoms with Crippen LogP contribution in [0.5, 0.6) is 11.5 Å². The van der Waals surface area contributed by atoms with Gasteiger partial charge in [0.05, 0.1) is 13.2 Å². The Balaban J connectivity index is 1.03. The Kier molecular flexibility index (Phi) is 13.7. The molecule has 10 nitrogen and oxygen atoms in total. The zero-order valence-corrected chi connectivity index (χ0v) is 35.5. The summed E-state index contributed by atoms with van der Waals surface area (Å²) in [4.78, 5) is 42.4. The van der Waals surface area contributed by atoms with Gasteiger partial charge in [-0.3, -0.25) is 9.78 Å². The van der Waals surface area contributed by atoms with Crippen molar-refractivity contribution < 1.29 is 34.1 Å². The van der Waals surface area contributed by atoms with Crippen LogP contribution < -0.4 is 20.1 Å². The Morgan fingerprint density at radius 1 is 0.967 bits per heavy atom. The summed E-state index contributed by atoms with van der Waals surface area (Å²) in [5, 5.41) is 27.0. The molecule has 60 heavy (non-hydrogen) atoms. The number of aliphatic carboxylic acids is 2. The van der Waals surface area contributed by atoms with Gasteiger partial charge in [-0.25, -0.2) is 9.59 Å². The summed E-state index contributed by atoms with van der Waals surface area (Å²) in [7, 11) is 0. The molecule has 7 rings (SSSR count). The number of hydrogen-bond acceptors (Lipinski definition) is 7. The van der Waals surface area contributed by atoms with E-state index in [9.17, 15) is 24.6 Å². The summed E-state index contributed by atoms with van der Waals surface area (Å²) in [6.45, 7) is 5.40. The molecule has 1 unspecified atom stereocenters. The average molecular weight is 836 g/mol. The minimum absolute atomic E-state index is 0.143. The molecule has 1 amide bonds. The van der Waals surface area contributed by atoms with Crippen molar-refractivity contribution in [2.24, 2.45) is 11.8 Å². The Morgan fingerprint density at radius 3 is 2.52 bits per heavy atom. The van der Waals surface area contributed by atoms with Crippen molar-refractivity contribution in [2.75, 3.05) is 18.5 Å². The van der Waals surface area contributed by atoms with Gasteiger partial charge >= 0.3 is 11.9 Å². The Labute approximate surface area is 358 Å². The number of carboxylic acid groups (broad SMARTS) is 2. The third-order valence-electron chi connectivity index (χ3n) is 13.3. The summed E-state index contributed by atoms with van der Waals surface area (Å²) in [5.74, 6) is 0.374. The van der Waals surface area contributed by atoms with Crippen LogP contribution in [0.15, 0.2) is 85.1 Å². The topological polar surface area (TPSA) is 147 Å². The van der Waals surface area contributed by atoms with Crippen molar-refractivity contribution in [1.82, 2.24) is 10.3 Å². The number of carbonyl (C=O) groups excluding carboxylic acids is 1. The number of benzene rings is 3. The molecule has 0 radical (unpaired) electrons.